The summed E-state index contributed by atoms with van der Waals surface area (Å²) >= 11 is 5.81. The van der Waals surface area contributed by atoms with E-state index < -0.39 is 5.97 Å². The average molecular weight is 263 g/mol. The number of nitrogens with one attached hydrogen (secondary N) is 1. The van der Waals surface area contributed by atoms with Gasteiger partial charge < -0.3 is 10.4 Å². The Morgan fingerprint density at radius 1 is 1.33 bits per heavy atom. The molecule has 1 aromatic carbocycles. The van der Waals surface area contributed by atoms with Crippen LogP contribution in [0.25, 0.3) is 0 Å². The first-order chi connectivity index (χ1) is 8.66. The van der Waals surface area contributed by atoms with Gasteiger partial charge in [-0.25, -0.2) is 9.78 Å². The number of hydrogen-bond donors (Lipinski definition) is 2. The van der Waals surface area contributed by atoms with Crippen LogP contribution >= 0.6 is 11.6 Å². The number of halogens is 1. The maximum Gasteiger partial charge on any atom is 0.356 e. The summed E-state index contributed by atoms with van der Waals surface area (Å²) in [5.74, 6) is -1.08. The van der Waals surface area contributed by atoms with E-state index in [1.165, 1.54) is 6.20 Å². The van der Waals surface area contributed by atoms with Crippen molar-refractivity contribution in [3.63, 3.8) is 0 Å². The Balaban J connectivity index is 2.18. The van der Waals surface area contributed by atoms with Gasteiger partial charge in [0.15, 0.2) is 5.69 Å². The molecule has 0 aliphatic rings. The smallest absolute Gasteiger partial charge is 0.356 e. The Bertz CT molecular complexity index is 558. The predicted molar refractivity (Wildman–Crippen MR) is 70.0 cm³/mol. The molecule has 5 heteroatoms. The molecular formula is C13H11ClN2O2. The maximum absolute atomic E-state index is 11.0. The molecule has 0 saturated carbocycles. The Kier molecular flexibility index (Phi) is 3.79. The zero-order chi connectivity index (χ0) is 13.0. The molecule has 2 aromatic rings. The van der Waals surface area contributed by atoms with Crippen molar-refractivity contribution in [2.75, 3.05) is 5.32 Å². The van der Waals surface area contributed by atoms with Crippen LogP contribution in [0.2, 0.25) is 5.02 Å². The third kappa shape index (κ3) is 2.99. The van der Waals surface area contributed by atoms with E-state index in [0.717, 1.165) is 5.56 Å². The number of carboxylic acid groups (broad SMARTS) is 1. The second kappa shape index (κ2) is 5.51. The van der Waals surface area contributed by atoms with Gasteiger partial charge in [-0.05, 0) is 11.6 Å². The van der Waals surface area contributed by atoms with Gasteiger partial charge in [0, 0.05) is 12.7 Å². The number of carboxylic acids is 1. The Hall–Kier alpha value is -2.07. The second-order valence-electron chi connectivity index (χ2n) is 3.69. The van der Waals surface area contributed by atoms with Gasteiger partial charge in [-0.1, -0.05) is 41.9 Å². The molecule has 0 bridgehead atoms. The van der Waals surface area contributed by atoms with E-state index in [1.807, 2.05) is 30.3 Å². The first-order valence-electron chi connectivity index (χ1n) is 5.33. The Morgan fingerprint density at radius 2 is 2.06 bits per heavy atom. The van der Waals surface area contributed by atoms with E-state index in [2.05, 4.69) is 10.3 Å². The topological polar surface area (TPSA) is 62.2 Å². The minimum atomic E-state index is -1.08. The van der Waals surface area contributed by atoms with Crippen molar-refractivity contribution in [2.24, 2.45) is 0 Å². The van der Waals surface area contributed by atoms with Crippen LogP contribution in [0.4, 0.5) is 5.69 Å². The molecule has 0 aliphatic carbocycles. The normalized spacial score (nSPS) is 10.1. The van der Waals surface area contributed by atoms with Crippen LogP contribution in [0.15, 0.2) is 42.6 Å². The largest absolute Gasteiger partial charge is 0.476 e. The first-order valence-corrected chi connectivity index (χ1v) is 5.71. The summed E-state index contributed by atoms with van der Waals surface area (Å²) in [6, 6.07) is 11.2. The van der Waals surface area contributed by atoms with Crippen molar-refractivity contribution in [3.05, 3.63) is 58.9 Å². The highest BCUT2D eigenvalue weighted by molar-refractivity contribution is 6.30. The van der Waals surface area contributed by atoms with Gasteiger partial charge in [-0.2, -0.15) is 0 Å². The van der Waals surface area contributed by atoms with Crippen molar-refractivity contribution < 1.29 is 9.90 Å². The maximum atomic E-state index is 11.0. The molecule has 1 aromatic heterocycles. The molecule has 18 heavy (non-hydrogen) atoms. The van der Waals surface area contributed by atoms with Gasteiger partial charge in [-0.15, -0.1) is 0 Å². The number of hydrogen-bond acceptors (Lipinski definition) is 3. The highest BCUT2D eigenvalue weighted by Crippen LogP contribution is 2.19. The van der Waals surface area contributed by atoms with Crippen molar-refractivity contribution in [1.29, 1.82) is 0 Å². The number of aromatic carboxylic acids is 1. The van der Waals surface area contributed by atoms with Crippen LogP contribution < -0.4 is 5.32 Å². The molecule has 0 fully saturated rings. The highest BCUT2D eigenvalue weighted by atomic mass is 35.5. The number of aromatic nitrogens is 1. The number of carbonyl (C=O) groups is 1. The van der Waals surface area contributed by atoms with Crippen LogP contribution in [0.5, 0.6) is 0 Å². The van der Waals surface area contributed by atoms with Gasteiger partial charge >= 0.3 is 5.97 Å². The van der Waals surface area contributed by atoms with E-state index in [0.29, 0.717) is 17.3 Å². The monoisotopic (exact) mass is 262 g/mol. The lowest BCUT2D eigenvalue weighted by Crippen LogP contribution is -2.08. The van der Waals surface area contributed by atoms with E-state index >= 15 is 0 Å². The average Bonchev–Trinajstić information content (AvgIpc) is 2.37. The van der Waals surface area contributed by atoms with Crippen LogP contribution in [-0.4, -0.2) is 16.1 Å². The Morgan fingerprint density at radius 3 is 2.72 bits per heavy atom. The molecule has 0 radical (unpaired) electrons. The fourth-order valence-corrected chi connectivity index (χ4v) is 1.70. The van der Waals surface area contributed by atoms with Crippen molar-refractivity contribution in [3.8, 4) is 0 Å². The minimum Gasteiger partial charge on any atom is -0.476 e. The number of benzene rings is 1. The number of nitrogens with zero attached hydrogens (tertiary/aromatic N) is 1. The third-order valence-electron chi connectivity index (χ3n) is 2.38. The molecule has 2 rings (SSSR count). The molecule has 0 spiro atoms. The van der Waals surface area contributed by atoms with E-state index in [1.54, 1.807) is 6.07 Å². The molecule has 0 amide bonds. The lowest BCUT2D eigenvalue weighted by atomic mass is 10.2. The van der Waals surface area contributed by atoms with Crippen LogP contribution in [0.1, 0.15) is 16.1 Å². The number of anilines is 1. The summed E-state index contributed by atoms with van der Waals surface area (Å²) < 4.78 is 0. The molecule has 92 valence electrons. The third-order valence-corrected chi connectivity index (χ3v) is 2.59. The summed E-state index contributed by atoms with van der Waals surface area (Å²) in [4.78, 5) is 14.8. The minimum absolute atomic E-state index is 0.0321. The zero-order valence-corrected chi connectivity index (χ0v) is 10.2. The molecule has 0 saturated heterocycles. The van der Waals surface area contributed by atoms with Crippen molar-refractivity contribution in [2.45, 2.75) is 6.54 Å². The lowest BCUT2D eigenvalue weighted by Gasteiger charge is -2.09. The van der Waals surface area contributed by atoms with Gasteiger partial charge in [0.2, 0.25) is 0 Å². The van der Waals surface area contributed by atoms with Crippen LogP contribution in [0.3, 0.4) is 0 Å². The SMILES string of the molecule is O=C(O)c1ncc(Cl)cc1NCc1ccccc1. The molecule has 4 nitrogen and oxygen atoms in total. The summed E-state index contributed by atoms with van der Waals surface area (Å²) in [5, 5.41) is 12.4. The van der Waals surface area contributed by atoms with Gasteiger partial charge in [-0.3, -0.25) is 0 Å². The standard InChI is InChI=1S/C13H11ClN2O2/c14-10-6-11(12(13(17)18)16-8-10)15-7-9-4-2-1-3-5-9/h1-6,8,15H,7H2,(H,17,18). The first kappa shape index (κ1) is 12.4. The van der Waals surface area contributed by atoms with Gasteiger partial charge in [0.1, 0.15) is 0 Å². The van der Waals surface area contributed by atoms with E-state index in [-0.39, 0.29) is 5.69 Å². The summed E-state index contributed by atoms with van der Waals surface area (Å²) in [6.45, 7) is 0.517. The molecule has 0 atom stereocenters. The van der Waals surface area contributed by atoms with Crippen LogP contribution in [-0.2, 0) is 6.54 Å². The summed E-state index contributed by atoms with van der Waals surface area (Å²) in [6.07, 6.45) is 1.32. The fraction of sp³-hybridized carbons (Fsp3) is 0.0769. The fourth-order valence-electron chi connectivity index (χ4n) is 1.54. The molecule has 0 aliphatic heterocycles. The lowest BCUT2D eigenvalue weighted by molar-refractivity contribution is 0.0691. The van der Waals surface area contributed by atoms with Crippen molar-refractivity contribution >= 4 is 23.3 Å². The quantitative estimate of drug-likeness (QED) is 0.889. The second-order valence-corrected chi connectivity index (χ2v) is 4.13. The molecule has 0 unspecified atom stereocenters. The highest BCUT2D eigenvalue weighted by Gasteiger charge is 2.11. The zero-order valence-electron chi connectivity index (χ0n) is 9.43. The summed E-state index contributed by atoms with van der Waals surface area (Å²) in [7, 11) is 0. The molecular weight excluding hydrogens is 252 g/mol. The summed E-state index contributed by atoms with van der Waals surface area (Å²) in [5.41, 5.74) is 1.43. The molecule has 1 heterocycles. The van der Waals surface area contributed by atoms with Gasteiger partial charge in [0.25, 0.3) is 0 Å². The van der Waals surface area contributed by atoms with E-state index in [9.17, 15) is 4.79 Å². The number of rotatable bonds is 4. The van der Waals surface area contributed by atoms with Gasteiger partial charge in [0.05, 0.1) is 10.7 Å². The number of pyridine rings is 1. The van der Waals surface area contributed by atoms with Crippen LogP contribution in [0, 0.1) is 0 Å². The van der Waals surface area contributed by atoms with Crippen molar-refractivity contribution in [1.82, 2.24) is 4.98 Å². The Labute approximate surface area is 109 Å². The predicted octanol–water partition coefficient (Wildman–Crippen LogP) is 3.05. The molecule has 2 N–H and O–H groups in total. The van der Waals surface area contributed by atoms with E-state index in [4.69, 9.17) is 16.7 Å².